The third-order valence-electron chi connectivity index (χ3n) is 4.28. The van der Waals surface area contributed by atoms with Crippen LogP contribution in [0.5, 0.6) is 0 Å². The lowest BCUT2D eigenvalue weighted by Crippen LogP contribution is -2.01. The SMILES string of the molecule is O=C(O)Cc1c(-c2cccc3ccccc23)[nH]c2c(F)cccc12. The van der Waals surface area contributed by atoms with E-state index in [0.29, 0.717) is 22.2 Å². The number of carbonyl (C=O) groups is 1. The van der Waals surface area contributed by atoms with E-state index in [1.165, 1.54) is 6.07 Å². The van der Waals surface area contributed by atoms with Crippen molar-refractivity contribution in [2.45, 2.75) is 6.42 Å². The fourth-order valence-corrected chi connectivity index (χ4v) is 3.25. The van der Waals surface area contributed by atoms with Crippen molar-refractivity contribution < 1.29 is 14.3 Å². The topological polar surface area (TPSA) is 53.1 Å². The van der Waals surface area contributed by atoms with Crippen molar-refractivity contribution in [1.82, 2.24) is 4.98 Å². The van der Waals surface area contributed by atoms with Crippen LogP contribution < -0.4 is 0 Å². The molecule has 4 aromatic rings. The van der Waals surface area contributed by atoms with Gasteiger partial charge in [-0.3, -0.25) is 4.79 Å². The van der Waals surface area contributed by atoms with Gasteiger partial charge in [0.1, 0.15) is 5.82 Å². The Kier molecular flexibility index (Phi) is 3.31. The quantitative estimate of drug-likeness (QED) is 0.572. The number of carboxylic acids is 1. The van der Waals surface area contributed by atoms with Crippen LogP contribution in [0.2, 0.25) is 0 Å². The molecule has 1 heterocycles. The van der Waals surface area contributed by atoms with Crippen LogP contribution in [0.15, 0.2) is 60.7 Å². The summed E-state index contributed by atoms with van der Waals surface area (Å²) < 4.78 is 14.2. The molecule has 24 heavy (non-hydrogen) atoms. The summed E-state index contributed by atoms with van der Waals surface area (Å²) in [5.74, 6) is -1.33. The van der Waals surface area contributed by atoms with Gasteiger partial charge in [0, 0.05) is 10.9 Å². The molecule has 1 aromatic heterocycles. The molecular weight excluding hydrogens is 305 g/mol. The molecule has 0 aliphatic heterocycles. The van der Waals surface area contributed by atoms with Gasteiger partial charge >= 0.3 is 5.97 Å². The number of aromatic amines is 1. The molecule has 0 spiro atoms. The summed E-state index contributed by atoms with van der Waals surface area (Å²) in [6.07, 6.45) is -0.165. The summed E-state index contributed by atoms with van der Waals surface area (Å²) in [7, 11) is 0. The minimum atomic E-state index is -0.943. The normalized spacial score (nSPS) is 11.2. The minimum Gasteiger partial charge on any atom is -0.481 e. The number of hydrogen-bond donors (Lipinski definition) is 2. The van der Waals surface area contributed by atoms with E-state index >= 15 is 0 Å². The summed E-state index contributed by atoms with van der Waals surface area (Å²) in [5.41, 5.74) is 2.49. The second kappa shape index (κ2) is 5.49. The Morgan fingerprint density at radius 2 is 1.67 bits per heavy atom. The first-order valence-electron chi connectivity index (χ1n) is 7.64. The number of aromatic nitrogens is 1. The van der Waals surface area contributed by atoms with Gasteiger partial charge in [-0.1, -0.05) is 54.6 Å². The zero-order valence-electron chi connectivity index (χ0n) is 12.7. The maximum atomic E-state index is 14.2. The van der Waals surface area contributed by atoms with Crippen LogP contribution >= 0.6 is 0 Å². The molecule has 3 nitrogen and oxygen atoms in total. The Hall–Kier alpha value is -3.14. The average Bonchev–Trinajstić information content (AvgIpc) is 2.94. The lowest BCUT2D eigenvalue weighted by molar-refractivity contribution is -0.136. The van der Waals surface area contributed by atoms with Crippen LogP contribution in [0.25, 0.3) is 32.9 Å². The zero-order valence-corrected chi connectivity index (χ0v) is 12.7. The van der Waals surface area contributed by atoms with Crippen LogP contribution in [-0.4, -0.2) is 16.1 Å². The molecule has 0 amide bonds. The smallest absolute Gasteiger partial charge is 0.307 e. The van der Waals surface area contributed by atoms with E-state index in [1.54, 1.807) is 12.1 Å². The molecule has 0 radical (unpaired) electrons. The van der Waals surface area contributed by atoms with E-state index in [0.717, 1.165) is 16.3 Å². The number of carboxylic acid groups (broad SMARTS) is 1. The highest BCUT2D eigenvalue weighted by atomic mass is 19.1. The monoisotopic (exact) mass is 319 g/mol. The van der Waals surface area contributed by atoms with Crippen LogP contribution in [0.1, 0.15) is 5.56 Å². The average molecular weight is 319 g/mol. The van der Waals surface area contributed by atoms with Crippen molar-refractivity contribution in [2.24, 2.45) is 0 Å². The van der Waals surface area contributed by atoms with Crippen molar-refractivity contribution in [1.29, 1.82) is 0 Å². The largest absolute Gasteiger partial charge is 0.481 e. The van der Waals surface area contributed by atoms with Gasteiger partial charge in [-0.05, 0) is 22.4 Å². The number of nitrogens with one attached hydrogen (secondary N) is 1. The van der Waals surface area contributed by atoms with E-state index < -0.39 is 5.97 Å². The molecular formula is C20H14FNO2. The highest BCUT2D eigenvalue weighted by Gasteiger charge is 2.18. The van der Waals surface area contributed by atoms with Crippen molar-refractivity contribution in [2.75, 3.05) is 0 Å². The molecule has 0 aliphatic carbocycles. The molecule has 0 bridgehead atoms. The van der Waals surface area contributed by atoms with E-state index in [-0.39, 0.29) is 12.2 Å². The molecule has 4 heteroatoms. The fraction of sp³-hybridized carbons (Fsp3) is 0.0500. The fourth-order valence-electron chi connectivity index (χ4n) is 3.25. The second-order valence-corrected chi connectivity index (χ2v) is 5.74. The molecule has 3 aromatic carbocycles. The predicted octanol–water partition coefficient (Wildman–Crippen LogP) is 4.75. The Morgan fingerprint density at radius 1 is 0.958 bits per heavy atom. The van der Waals surface area contributed by atoms with Gasteiger partial charge in [0.05, 0.1) is 17.6 Å². The number of H-pyrrole nitrogens is 1. The Balaban J connectivity index is 2.08. The van der Waals surface area contributed by atoms with Gasteiger partial charge in [0.25, 0.3) is 0 Å². The van der Waals surface area contributed by atoms with E-state index in [9.17, 15) is 14.3 Å². The van der Waals surface area contributed by atoms with E-state index in [2.05, 4.69) is 4.98 Å². The Morgan fingerprint density at radius 3 is 2.50 bits per heavy atom. The molecule has 118 valence electrons. The Labute approximate surface area is 137 Å². The third kappa shape index (κ3) is 2.24. The third-order valence-corrected chi connectivity index (χ3v) is 4.28. The first-order chi connectivity index (χ1) is 11.6. The highest BCUT2D eigenvalue weighted by Crippen LogP contribution is 2.35. The standard InChI is InChI=1S/C20H14FNO2/c21-17-10-4-9-15-16(11-18(23)24)19(22-20(15)17)14-8-3-6-12-5-1-2-7-13(12)14/h1-10,22H,11H2,(H,23,24). The highest BCUT2D eigenvalue weighted by molar-refractivity contribution is 6.02. The Bertz CT molecular complexity index is 1080. The van der Waals surface area contributed by atoms with Crippen LogP contribution in [-0.2, 0) is 11.2 Å². The van der Waals surface area contributed by atoms with Gasteiger partial charge in [-0.2, -0.15) is 0 Å². The number of halogens is 1. The van der Waals surface area contributed by atoms with Crippen molar-refractivity contribution in [3.8, 4) is 11.3 Å². The molecule has 2 N–H and O–H groups in total. The second-order valence-electron chi connectivity index (χ2n) is 5.74. The van der Waals surface area contributed by atoms with Crippen molar-refractivity contribution in [3.63, 3.8) is 0 Å². The van der Waals surface area contributed by atoms with Crippen LogP contribution in [0.3, 0.4) is 0 Å². The molecule has 4 rings (SSSR count). The summed E-state index contributed by atoms with van der Waals surface area (Å²) in [6, 6.07) is 18.4. The number of benzene rings is 3. The molecule has 0 saturated heterocycles. The number of para-hydroxylation sites is 1. The molecule has 0 aliphatic rings. The number of aliphatic carboxylic acids is 1. The van der Waals surface area contributed by atoms with Crippen molar-refractivity contribution >= 4 is 27.6 Å². The maximum Gasteiger partial charge on any atom is 0.307 e. The van der Waals surface area contributed by atoms with Gasteiger partial charge in [-0.25, -0.2) is 4.39 Å². The number of fused-ring (bicyclic) bond motifs is 2. The van der Waals surface area contributed by atoms with Gasteiger partial charge in [-0.15, -0.1) is 0 Å². The first kappa shape index (κ1) is 14.5. The lowest BCUT2D eigenvalue weighted by atomic mass is 9.97. The minimum absolute atomic E-state index is 0.165. The predicted molar refractivity (Wildman–Crippen MR) is 92.5 cm³/mol. The summed E-state index contributed by atoms with van der Waals surface area (Å²) in [6.45, 7) is 0. The summed E-state index contributed by atoms with van der Waals surface area (Å²) >= 11 is 0. The molecule has 0 atom stereocenters. The lowest BCUT2D eigenvalue weighted by Gasteiger charge is -2.07. The van der Waals surface area contributed by atoms with E-state index in [1.807, 2.05) is 42.5 Å². The number of hydrogen-bond acceptors (Lipinski definition) is 1. The van der Waals surface area contributed by atoms with Crippen molar-refractivity contribution in [3.05, 3.63) is 72.0 Å². The van der Waals surface area contributed by atoms with Crippen LogP contribution in [0.4, 0.5) is 4.39 Å². The van der Waals surface area contributed by atoms with E-state index in [4.69, 9.17) is 0 Å². The molecule has 0 fully saturated rings. The van der Waals surface area contributed by atoms with Gasteiger partial charge in [0.15, 0.2) is 0 Å². The van der Waals surface area contributed by atoms with Crippen LogP contribution in [0, 0.1) is 5.82 Å². The molecule has 0 unspecified atom stereocenters. The molecule has 0 saturated carbocycles. The number of rotatable bonds is 3. The van der Waals surface area contributed by atoms with Gasteiger partial charge < -0.3 is 10.1 Å². The maximum absolute atomic E-state index is 14.2. The first-order valence-corrected chi connectivity index (χ1v) is 7.64. The summed E-state index contributed by atoms with van der Waals surface area (Å²) in [5, 5.41) is 12.0. The summed E-state index contributed by atoms with van der Waals surface area (Å²) in [4.78, 5) is 14.4. The zero-order chi connectivity index (χ0) is 16.7. The van der Waals surface area contributed by atoms with Gasteiger partial charge in [0.2, 0.25) is 0 Å².